The predicted molar refractivity (Wildman–Crippen MR) is 66.8 cm³/mol. The maximum absolute atomic E-state index is 11.4. The number of ether oxygens (including phenoxy) is 1. The lowest BCUT2D eigenvalue weighted by Crippen LogP contribution is -1.97. The Bertz CT molecular complexity index is 717. The summed E-state index contributed by atoms with van der Waals surface area (Å²) in [6.45, 7) is 1.78. The summed E-state index contributed by atoms with van der Waals surface area (Å²) in [7, 11) is 0. The maximum atomic E-state index is 11.4. The summed E-state index contributed by atoms with van der Waals surface area (Å²) >= 11 is 0. The summed E-state index contributed by atoms with van der Waals surface area (Å²) in [4.78, 5) is 14.5. The van der Waals surface area contributed by atoms with E-state index >= 15 is 0 Å². The minimum absolute atomic E-state index is 0.0340. The number of fused-ring (bicyclic) bond motifs is 1. The fraction of sp³-hybridized carbons (Fsp3) is 0.167. The maximum Gasteiger partial charge on any atom is 0.211 e. The van der Waals surface area contributed by atoms with E-state index in [4.69, 9.17) is 4.74 Å². The second-order valence-electron chi connectivity index (χ2n) is 4.08. The van der Waals surface area contributed by atoms with E-state index in [1.54, 1.807) is 13.1 Å². The zero-order valence-corrected chi connectivity index (χ0v) is 10.2. The predicted octanol–water partition coefficient (Wildman–Crippen LogP) is 1.46. The number of tetrazole rings is 1. The smallest absolute Gasteiger partial charge is 0.211 e. The average molecular weight is 257 g/mol. The molecule has 0 aliphatic rings. The molecule has 0 spiro atoms. The Morgan fingerprint density at radius 3 is 3.05 bits per heavy atom. The summed E-state index contributed by atoms with van der Waals surface area (Å²) in [5, 5.41) is 14.3. The van der Waals surface area contributed by atoms with Crippen LogP contribution in [0.3, 0.4) is 0 Å². The lowest BCUT2D eigenvalue weighted by Gasteiger charge is -2.03. The molecule has 7 heteroatoms. The van der Waals surface area contributed by atoms with Gasteiger partial charge in [0.05, 0.1) is 0 Å². The molecular formula is C12H11N5O2. The number of rotatable bonds is 4. The Balaban J connectivity index is 1.84. The van der Waals surface area contributed by atoms with E-state index in [0.717, 1.165) is 10.9 Å². The molecule has 0 saturated carbocycles. The first-order chi connectivity index (χ1) is 9.24. The third-order valence-electron chi connectivity index (χ3n) is 2.79. The minimum Gasteiger partial charge on any atom is -0.485 e. The van der Waals surface area contributed by atoms with Crippen LogP contribution in [0.5, 0.6) is 5.75 Å². The van der Waals surface area contributed by atoms with Gasteiger partial charge in [0.25, 0.3) is 0 Å². The second-order valence-corrected chi connectivity index (χ2v) is 4.08. The van der Waals surface area contributed by atoms with Gasteiger partial charge in [0.1, 0.15) is 5.75 Å². The van der Waals surface area contributed by atoms with Crippen molar-refractivity contribution in [2.24, 2.45) is 0 Å². The van der Waals surface area contributed by atoms with Gasteiger partial charge in [-0.25, -0.2) is 0 Å². The van der Waals surface area contributed by atoms with Crippen LogP contribution in [0.2, 0.25) is 0 Å². The van der Waals surface area contributed by atoms with Crippen LogP contribution in [0.1, 0.15) is 23.1 Å². The topological polar surface area (TPSA) is 96.5 Å². The lowest BCUT2D eigenvalue weighted by atomic mass is 10.1. The number of nitrogens with one attached hydrogen (secondary N) is 2. The Kier molecular flexibility index (Phi) is 2.71. The molecule has 0 fully saturated rings. The molecule has 0 saturated heterocycles. The molecule has 96 valence electrons. The monoisotopic (exact) mass is 257 g/mol. The Hall–Kier alpha value is -2.70. The fourth-order valence-electron chi connectivity index (χ4n) is 1.88. The lowest BCUT2D eigenvalue weighted by molar-refractivity contribution is 0.101. The van der Waals surface area contributed by atoms with Gasteiger partial charge < -0.3 is 9.72 Å². The van der Waals surface area contributed by atoms with Crippen molar-refractivity contribution >= 4 is 16.7 Å². The van der Waals surface area contributed by atoms with Gasteiger partial charge in [-0.2, -0.15) is 5.21 Å². The highest BCUT2D eigenvalue weighted by Gasteiger charge is 2.08. The van der Waals surface area contributed by atoms with Gasteiger partial charge in [0.15, 0.2) is 12.4 Å². The number of Topliss-reactive ketones (excluding diaryl/α,β-unsaturated/α-hetero) is 1. The molecule has 0 unspecified atom stereocenters. The normalized spacial score (nSPS) is 10.8. The molecule has 0 amide bonds. The van der Waals surface area contributed by atoms with E-state index < -0.39 is 0 Å². The van der Waals surface area contributed by atoms with E-state index in [9.17, 15) is 4.79 Å². The van der Waals surface area contributed by atoms with Crippen LogP contribution in [0.4, 0.5) is 0 Å². The van der Waals surface area contributed by atoms with Crippen molar-refractivity contribution < 1.29 is 9.53 Å². The van der Waals surface area contributed by atoms with Crippen LogP contribution in [0.15, 0.2) is 24.4 Å². The zero-order chi connectivity index (χ0) is 13.2. The summed E-state index contributed by atoms with van der Waals surface area (Å²) in [5.74, 6) is 1.19. The summed E-state index contributed by atoms with van der Waals surface area (Å²) in [6.07, 6.45) is 1.70. The third kappa shape index (κ3) is 2.17. The molecule has 0 aliphatic carbocycles. The summed E-state index contributed by atoms with van der Waals surface area (Å²) in [5.41, 5.74) is 1.54. The summed E-state index contributed by atoms with van der Waals surface area (Å²) < 4.78 is 5.54. The van der Waals surface area contributed by atoms with Crippen LogP contribution < -0.4 is 4.74 Å². The third-order valence-corrected chi connectivity index (χ3v) is 2.79. The Labute approximate surface area is 108 Å². The molecule has 0 bridgehead atoms. The molecule has 2 aromatic heterocycles. The van der Waals surface area contributed by atoms with Gasteiger partial charge in [0.2, 0.25) is 5.82 Å². The van der Waals surface area contributed by atoms with E-state index in [2.05, 4.69) is 25.6 Å². The molecule has 0 atom stereocenters. The number of H-pyrrole nitrogens is 2. The summed E-state index contributed by atoms with van der Waals surface area (Å²) in [6, 6.07) is 5.50. The number of carbonyl (C=O) groups excluding carboxylic acids is 1. The van der Waals surface area contributed by atoms with Gasteiger partial charge in [-0.15, -0.1) is 10.2 Å². The molecule has 1 aromatic carbocycles. The van der Waals surface area contributed by atoms with Gasteiger partial charge in [-0.3, -0.25) is 4.79 Å². The van der Waals surface area contributed by atoms with E-state index in [-0.39, 0.29) is 12.4 Å². The molecule has 2 heterocycles. The highest BCUT2D eigenvalue weighted by Crippen LogP contribution is 2.24. The largest absolute Gasteiger partial charge is 0.485 e. The number of ketones is 1. The number of carbonyl (C=O) groups is 1. The first kappa shape index (κ1) is 11.4. The van der Waals surface area contributed by atoms with Crippen molar-refractivity contribution in [3.63, 3.8) is 0 Å². The van der Waals surface area contributed by atoms with E-state index in [1.807, 2.05) is 18.2 Å². The molecule has 3 rings (SSSR count). The van der Waals surface area contributed by atoms with Crippen LogP contribution in [0, 0.1) is 0 Å². The molecular weight excluding hydrogens is 246 g/mol. The average Bonchev–Trinajstić information content (AvgIpc) is 3.05. The van der Waals surface area contributed by atoms with Gasteiger partial charge in [-0.1, -0.05) is 5.21 Å². The van der Waals surface area contributed by atoms with Crippen LogP contribution in [0.25, 0.3) is 10.9 Å². The quantitative estimate of drug-likeness (QED) is 0.690. The van der Waals surface area contributed by atoms with Gasteiger partial charge in [-0.05, 0) is 19.1 Å². The Morgan fingerprint density at radius 1 is 1.42 bits per heavy atom. The van der Waals surface area contributed by atoms with Crippen molar-refractivity contribution in [2.75, 3.05) is 0 Å². The number of benzene rings is 1. The van der Waals surface area contributed by atoms with Crippen molar-refractivity contribution in [3.05, 3.63) is 35.8 Å². The molecule has 2 N–H and O–H groups in total. The number of nitrogens with zero attached hydrogens (tertiary/aromatic N) is 3. The first-order valence-electron chi connectivity index (χ1n) is 5.71. The number of aromatic amines is 2. The number of hydrogen-bond acceptors (Lipinski definition) is 5. The SMILES string of the molecule is CC(=O)c1c[nH]c2cc(OCc3nn[nH]n3)ccc12. The van der Waals surface area contributed by atoms with Crippen LogP contribution in [-0.2, 0) is 6.61 Å². The molecule has 7 nitrogen and oxygen atoms in total. The number of aromatic nitrogens is 5. The van der Waals surface area contributed by atoms with Crippen molar-refractivity contribution in [1.29, 1.82) is 0 Å². The standard InChI is InChI=1S/C12H11N5O2/c1-7(18)10-5-13-11-4-8(2-3-9(10)11)19-6-12-14-16-17-15-12/h2-5,13H,6H2,1H3,(H,14,15,16,17). The van der Waals surface area contributed by atoms with Gasteiger partial charge in [0, 0.05) is 28.7 Å². The highest BCUT2D eigenvalue weighted by molar-refractivity contribution is 6.06. The zero-order valence-electron chi connectivity index (χ0n) is 10.2. The van der Waals surface area contributed by atoms with Crippen LogP contribution >= 0.6 is 0 Å². The fourth-order valence-corrected chi connectivity index (χ4v) is 1.88. The highest BCUT2D eigenvalue weighted by atomic mass is 16.5. The molecule has 0 radical (unpaired) electrons. The molecule has 3 aromatic rings. The van der Waals surface area contributed by atoms with Crippen molar-refractivity contribution in [2.45, 2.75) is 13.5 Å². The van der Waals surface area contributed by atoms with Crippen molar-refractivity contribution in [3.8, 4) is 5.75 Å². The first-order valence-corrected chi connectivity index (χ1v) is 5.71. The second kappa shape index (κ2) is 4.52. The molecule has 0 aliphatic heterocycles. The van der Waals surface area contributed by atoms with E-state index in [1.165, 1.54) is 0 Å². The Morgan fingerprint density at radius 2 is 2.32 bits per heavy atom. The van der Waals surface area contributed by atoms with Gasteiger partial charge >= 0.3 is 0 Å². The van der Waals surface area contributed by atoms with Crippen molar-refractivity contribution in [1.82, 2.24) is 25.6 Å². The molecule has 19 heavy (non-hydrogen) atoms. The minimum atomic E-state index is 0.0340. The van der Waals surface area contributed by atoms with Crippen LogP contribution in [-0.4, -0.2) is 31.4 Å². The van der Waals surface area contributed by atoms with E-state index in [0.29, 0.717) is 17.1 Å². The number of hydrogen-bond donors (Lipinski definition) is 2.